The van der Waals surface area contributed by atoms with E-state index in [2.05, 4.69) is 40.5 Å². The molecule has 0 aliphatic rings. The first kappa shape index (κ1) is 17.9. The molecule has 2 rings (SSSR count). The second kappa shape index (κ2) is 8.43. The van der Waals surface area contributed by atoms with Gasteiger partial charge in [-0.05, 0) is 44.9 Å². The van der Waals surface area contributed by atoms with Gasteiger partial charge in [0, 0.05) is 17.9 Å². The summed E-state index contributed by atoms with van der Waals surface area (Å²) in [6.45, 7) is 8.77. The molecule has 1 aromatic carbocycles. The van der Waals surface area contributed by atoms with Gasteiger partial charge in [0.25, 0.3) is 5.91 Å². The molecule has 0 atom stereocenters. The van der Waals surface area contributed by atoms with Gasteiger partial charge in [-0.1, -0.05) is 37.5 Å². The van der Waals surface area contributed by atoms with Crippen molar-refractivity contribution >= 4 is 17.5 Å². The van der Waals surface area contributed by atoms with Gasteiger partial charge in [-0.15, -0.1) is 0 Å². The molecule has 1 heterocycles. The van der Waals surface area contributed by atoms with Gasteiger partial charge in [-0.3, -0.25) is 4.79 Å². The van der Waals surface area contributed by atoms with Gasteiger partial charge in [0.15, 0.2) is 0 Å². The zero-order chi connectivity index (χ0) is 17.5. The highest BCUT2D eigenvalue weighted by Gasteiger charge is 2.11. The topological polar surface area (TPSA) is 66.9 Å². The predicted octanol–water partition coefficient (Wildman–Crippen LogP) is 4.07. The summed E-state index contributed by atoms with van der Waals surface area (Å²) in [7, 11) is 0. The molecule has 0 radical (unpaired) electrons. The van der Waals surface area contributed by atoms with Crippen molar-refractivity contribution < 1.29 is 4.79 Å². The normalized spacial score (nSPS) is 10.5. The smallest absolute Gasteiger partial charge is 0.270 e. The van der Waals surface area contributed by atoms with Crippen molar-refractivity contribution in [3.05, 3.63) is 46.8 Å². The van der Waals surface area contributed by atoms with Crippen LogP contribution in [0.25, 0.3) is 0 Å². The summed E-state index contributed by atoms with van der Waals surface area (Å²) < 4.78 is 0. The molecule has 0 saturated heterocycles. The van der Waals surface area contributed by atoms with Gasteiger partial charge >= 0.3 is 0 Å². The van der Waals surface area contributed by atoms with E-state index in [0.717, 1.165) is 36.2 Å². The van der Waals surface area contributed by atoms with Crippen molar-refractivity contribution in [2.45, 2.75) is 47.0 Å². The summed E-state index contributed by atoms with van der Waals surface area (Å²) in [6.07, 6.45) is 3.23. The number of benzene rings is 1. The largest absolute Gasteiger partial charge is 0.351 e. The minimum Gasteiger partial charge on any atom is -0.351 e. The molecule has 5 heteroatoms. The van der Waals surface area contributed by atoms with Crippen molar-refractivity contribution in [2.75, 3.05) is 11.9 Å². The number of carbonyl (C=O) groups excluding carboxylic acids is 1. The Labute approximate surface area is 143 Å². The van der Waals surface area contributed by atoms with E-state index in [4.69, 9.17) is 0 Å². The first-order valence-electron chi connectivity index (χ1n) is 8.47. The molecule has 128 valence electrons. The molecular formula is C19H26N4O. The van der Waals surface area contributed by atoms with Crippen LogP contribution in [0.2, 0.25) is 0 Å². The summed E-state index contributed by atoms with van der Waals surface area (Å²) in [6, 6.07) is 7.84. The standard InChI is InChI=1S/C19H26N4O/c1-5-6-7-10-20-18(24)17-12-15(4)21-19(23-17)22-16-9-8-13(2)11-14(16)3/h8-9,11-12H,5-7,10H2,1-4H3,(H,20,24)(H,21,22,23). The van der Waals surface area contributed by atoms with Crippen molar-refractivity contribution in [2.24, 2.45) is 0 Å². The number of hydrogen-bond acceptors (Lipinski definition) is 4. The first-order valence-corrected chi connectivity index (χ1v) is 8.47. The molecule has 0 saturated carbocycles. The lowest BCUT2D eigenvalue weighted by molar-refractivity contribution is 0.0948. The molecule has 0 aliphatic heterocycles. The molecule has 24 heavy (non-hydrogen) atoms. The van der Waals surface area contributed by atoms with Crippen LogP contribution in [-0.4, -0.2) is 22.4 Å². The third-order valence-corrected chi connectivity index (χ3v) is 3.78. The van der Waals surface area contributed by atoms with Crippen LogP contribution in [0.1, 0.15) is 53.5 Å². The molecule has 0 fully saturated rings. The van der Waals surface area contributed by atoms with Crippen LogP contribution >= 0.6 is 0 Å². The Morgan fingerprint density at radius 2 is 1.88 bits per heavy atom. The average molecular weight is 326 g/mol. The lowest BCUT2D eigenvalue weighted by atomic mass is 10.1. The number of aromatic nitrogens is 2. The predicted molar refractivity (Wildman–Crippen MR) is 97.8 cm³/mol. The van der Waals surface area contributed by atoms with Crippen LogP contribution in [0.5, 0.6) is 0 Å². The quantitative estimate of drug-likeness (QED) is 0.753. The zero-order valence-corrected chi connectivity index (χ0v) is 14.9. The first-order chi connectivity index (χ1) is 11.5. The van der Waals surface area contributed by atoms with E-state index in [1.54, 1.807) is 6.07 Å². The number of nitrogens with one attached hydrogen (secondary N) is 2. The minimum atomic E-state index is -0.153. The second-order valence-electron chi connectivity index (χ2n) is 6.12. The highest BCUT2D eigenvalue weighted by Crippen LogP contribution is 2.19. The van der Waals surface area contributed by atoms with E-state index in [1.807, 2.05) is 26.0 Å². The Kier molecular flexibility index (Phi) is 6.29. The van der Waals surface area contributed by atoms with Crippen LogP contribution < -0.4 is 10.6 Å². The fourth-order valence-electron chi connectivity index (χ4n) is 2.48. The molecular weight excluding hydrogens is 300 g/mol. The van der Waals surface area contributed by atoms with E-state index in [1.165, 1.54) is 5.56 Å². The molecule has 0 spiro atoms. The van der Waals surface area contributed by atoms with E-state index in [9.17, 15) is 4.79 Å². The van der Waals surface area contributed by atoms with Gasteiger partial charge < -0.3 is 10.6 Å². The highest BCUT2D eigenvalue weighted by molar-refractivity contribution is 5.92. The summed E-state index contributed by atoms with van der Waals surface area (Å²) in [4.78, 5) is 21.0. The molecule has 2 N–H and O–H groups in total. The van der Waals surface area contributed by atoms with E-state index >= 15 is 0 Å². The van der Waals surface area contributed by atoms with E-state index in [-0.39, 0.29) is 5.91 Å². The van der Waals surface area contributed by atoms with Crippen LogP contribution in [0, 0.1) is 20.8 Å². The average Bonchev–Trinajstić information content (AvgIpc) is 2.53. The molecule has 0 aliphatic carbocycles. The van der Waals surface area contributed by atoms with Crippen molar-refractivity contribution in [1.82, 2.24) is 15.3 Å². The molecule has 1 aromatic heterocycles. The number of unbranched alkanes of at least 4 members (excludes halogenated alkanes) is 2. The Morgan fingerprint density at radius 1 is 1.08 bits per heavy atom. The number of hydrogen-bond donors (Lipinski definition) is 2. The Balaban J connectivity index is 2.11. The van der Waals surface area contributed by atoms with Gasteiger partial charge in [-0.25, -0.2) is 9.97 Å². The maximum absolute atomic E-state index is 12.2. The van der Waals surface area contributed by atoms with Crippen LogP contribution in [0.4, 0.5) is 11.6 Å². The summed E-state index contributed by atoms with van der Waals surface area (Å²) in [5.41, 5.74) is 4.42. The van der Waals surface area contributed by atoms with Crippen molar-refractivity contribution in [3.8, 4) is 0 Å². The summed E-state index contributed by atoms with van der Waals surface area (Å²) >= 11 is 0. The third-order valence-electron chi connectivity index (χ3n) is 3.78. The van der Waals surface area contributed by atoms with Crippen LogP contribution in [-0.2, 0) is 0 Å². The Hall–Kier alpha value is -2.43. The number of rotatable bonds is 7. The van der Waals surface area contributed by atoms with Crippen LogP contribution in [0.15, 0.2) is 24.3 Å². The third kappa shape index (κ3) is 5.05. The lowest BCUT2D eigenvalue weighted by Gasteiger charge is -2.11. The number of nitrogens with zero attached hydrogens (tertiary/aromatic N) is 2. The van der Waals surface area contributed by atoms with Gasteiger partial charge in [0.1, 0.15) is 5.69 Å². The maximum atomic E-state index is 12.2. The number of aryl methyl sites for hydroxylation is 3. The zero-order valence-electron chi connectivity index (χ0n) is 14.9. The van der Waals surface area contributed by atoms with Gasteiger partial charge in [0.2, 0.25) is 5.95 Å². The SMILES string of the molecule is CCCCCNC(=O)c1cc(C)nc(Nc2ccc(C)cc2C)n1. The second-order valence-corrected chi connectivity index (χ2v) is 6.12. The Bertz CT molecular complexity index is 713. The Morgan fingerprint density at radius 3 is 2.58 bits per heavy atom. The van der Waals surface area contributed by atoms with Crippen LogP contribution in [0.3, 0.4) is 0 Å². The number of anilines is 2. The molecule has 2 aromatic rings. The summed E-state index contributed by atoms with van der Waals surface area (Å²) in [5.74, 6) is 0.293. The number of carbonyl (C=O) groups is 1. The fourth-order valence-corrected chi connectivity index (χ4v) is 2.48. The fraction of sp³-hybridized carbons (Fsp3) is 0.421. The lowest BCUT2D eigenvalue weighted by Crippen LogP contribution is -2.26. The van der Waals surface area contributed by atoms with Crippen molar-refractivity contribution in [1.29, 1.82) is 0 Å². The number of amides is 1. The molecule has 1 amide bonds. The minimum absolute atomic E-state index is 0.153. The molecule has 5 nitrogen and oxygen atoms in total. The molecule has 0 bridgehead atoms. The summed E-state index contributed by atoms with van der Waals surface area (Å²) in [5, 5.41) is 6.12. The highest BCUT2D eigenvalue weighted by atomic mass is 16.1. The molecule has 0 unspecified atom stereocenters. The van der Waals surface area contributed by atoms with E-state index in [0.29, 0.717) is 18.2 Å². The van der Waals surface area contributed by atoms with Crippen molar-refractivity contribution in [3.63, 3.8) is 0 Å². The monoisotopic (exact) mass is 326 g/mol. The maximum Gasteiger partial charge on any atom is 0.270 e. The van der Waals surface area contributed by atoms with Gasteiger partial charge in [-0.2, -0.15) is 0 Å². The van der Waals surface area contributed by atoms with E-state index < -0.39 is 0 Å². The van der Waals surface area contributed by atoms with Gasteiger partial charge in [0.05, 0.1) is 0 Å².